The van der Waals surface area contributed by atoms with E-state index in [1.165, 1.54) is 18.2 Å². The van der Waals surface area contributed by atoms with Crippen LogP contribution in [-0.4, -0.2) is 28.1 Å². The minimum Gasteiger partial charge on any atom is -0.507 e. The number of carbonyl (C=O) groups is 2. The van der Waals surface area contributed by atoms with E-state index in [1.807, 2.05) is 0 Å². The number of carboxylic acid groups (broad SMARTS) is 1. The van der Waals surface area contributed by atoms with Crippen LogP contribution >= 0.6 is 27.5 Å². The van der Waals surface area contributed by atoms with Crippen molar-refractivity contribution >= 4 is 39.4 Å². The number of rotatable bonds is 5. The molecule has 23 heavy (non-hydrogen) atoms. The van der Waals surface area contributed by atoms with E-state index in [2.05, 4.69) is 21.2 Å². The number of aromatic hydroxyl groups is 1. The Kier molecular flexibility index (Phi) is 5.63. The zero-order valence-corrected chi connectivity index (χ0v) is 14.1. The van der Waals surface area contributed by atoms with E-state index < -0.39 is 17.9 Å². The van der Waals surface area contributed by atoms with Crippen LogP contribution in [0.5, 0.6) is 5.75 Å². The molecule has 2 rings (SSSR count). The number of aliphatic carboxylic acids is 1. The van der Waals surface area contributed by atoms with Gasteiger partial charge in [0.05, 0.1) is 5.56 Å². The minimum absolute atomic E-state index is 0.0699. The summed E-state index contributed by atoms with van der Waals surface area (Å²) in [6, 6.07) is 9.99. The van der Waals surface area contributed by atoms with Crippen LogP contribution < -0.4 is 5.32 Å². The largest absolute Gasteiger partial charge is 0.507 e. The van der Waals surface area contributed by atoms with E-state index in [-0.39, 0.29) is 22.8 Å². The maximum Gasteiger partial charge on any atom is 0.326 e. The molecule has 7 heteroatoms. The van der Waals surface area contributed by atoms with Crippen molar-refractivity contribution in [1.82, 2.24) is 5.32 Å². The molecule has 0 saturated carbocycles. The summed E-state index contributed by atoms with van der Waals surface area (Å²) >= 11 is 9.09. The average molecular weight is 399 g/mol. The number of phenolic OH excluding ortho intramolecular Hbond substituents is 1. The molecular formula is C16H13BrClNO4. The molecule has 0 heterocycles. The lowest BCUT2D eigenvalue weighted by Crippen LogP contribution is -2.42. The van der Waals surface area contributed by atoms with Gasteiger partial charge in [-0.15, -0.1) is 0 Å². The lowest BCUT2D eigenvalue weighted by molar-refractivity contribution is -0.139. The zero-order chi connectivity index (χ0) is 17.0. The second-order valence-electron chi connectivity index (χ2n) is 4.86. The van der Waals surface area contributed by atoms with Crippen LogP contribution in [0.3, 0.4) is 0 Å². The fraction of sp³-hybridized carbons (Fsp3) is 0.125. The summed E-state index contributed by atoms with van der Waals surface area (Å²) in [4.78, 5) is 23.6. The molecule has 2 aromatic carbocycles. The molecule has 2 aromatic rings. The molecule has 0 aromatic heterocycles. The van der Waals surface area contributed by atoms with E-state index in [4.69, 9.17) is 11.6 Å². The highest BCUT2D eigenvalue weighted by Crippen LogP contribution is 2.21. The normalized spacial score (nSPS) is 11.7. The molecule has 0 saturated heterocycles. The summed E-state index contributed by atoms with van der Waals surface area (Å²) in [5.74, 6) is -2.13. The van der Waals surface area contributed by atoms with E-state index in [1.54, 1.807) is 24.3 Å². The average Bonchev–Trinajstić information content (AvgIpc) is 2.51. The lowest BCUT2D eigenvalue weighted by atomic mass is 10.1. The van der Waals surface area contributed by atoms with Crippen molar-refractivity contribution in [3.8, 4) is 5.75 Å². The van der Waals surface area contributed by atoms with Crippen molar-refractivity contribution in [3.05, 3.63) is 63.1 Å². The van der Waals surface area contributed by atoms with Gasteiger partial charge in [-0.05, 0) is 35.9 Å². The van der Waals surface area contributed by atoms with Crippen LogP contribution in [0.2, 0.25) is 5.02 Å². The Morgan fingerprint density at radius 1 is 1.17 bits per heavy atom. The van der Waals surface area contributed by atoms with Crippen LogP contribution in [0.1, 0.15) is 15.9 Å². The Morgan fingerprint density at radius 2 is 1.83 bits per heavy atom. The Labute approximate surface area is 146 Å². The Balaban J connectivity index is 2.15. The Hall–Kier alpha value is -2.05. The fourth-order valence-corrected chi connectivity index (χ4v) is 2.42. The van der Waals surface area contributed by atoms with Gasteiger partial charge in [-0.25, -0.2) is 4.79 Å². The molecule has 0 bridgehead atoms. The smallest absolute Gasteiger partial charge is 0.326 e. The topological polar surface area (TPSA) is 86.6 Å². The summed E-state index contributed by atoms with van der Waals surface area (Å²) in [6.45, 7) is 0. The second kappa shape index (κ2) is 7.48. The number of phenols is 1. The number of carboxylic acids is 1. The third-order valence-electron chi connectivity index (χ3n) is 3.16. The molecule has 5 nitrogen and oxygen atoms in total. The molecule has 1 amide bonds. The molecule has 0 radical (unpaired) electrons. The molecule has 1 unspecified atom stereocenters. The standard InChI is InChI=1S/C16H13BrClNO4/c17-10-3-1-9(2-4-10)7-13(16(22)23)19-15(21)12-8-11(18)5-6-14(12)20/h1-6,8,13,20H,7H2,(H,19,21)(H,22,23). The van der Waals surface area contributed by atoms with Crippen LogP contribution in [0.25, 0.3) is 0 Å². The van der Waals surface area contributed by atoms with Gasteiger partial charge in [0.2, 0.25) is 0 Å². The number of carbonyl (C=O) groups excluding carboxylic acids is 1. The van der Waals surface area contributed by atoms with Gasteiger partial charge in [0.25, 0.3) is 5.91 Å². The van der Waals surface area contributed by atoms with Gasteiger partial charge in [0.1, 0.15) is 11.8 Å². The zero-order valence-electron chi connectivity index (χ0n) is 11.8. The van der Waals surface area contributed by atoms with Crippen LogP contribution in [-0.2, 0) is 11.2 Å². The van der Waals surface area contributed by atoms with E-state index in [9.17, 15) is 19.8 Å². The third-order valence-corrected chi connectivity index (χ3v) is 3.92. The maximum absolute atomic E-state index is 12.2. The van der Waals surface area contributed by atoms with Gasteiger partial charge in [-0.1, -0.05) is 39.7 Å². The number of halogens is 2. The van der Waals surface area contributed by atoms with Crippen LogP contribution in [0.15, 0.2) is 46.9 Å². The van der Waals surface area contributed by atoms with E-state index in [0.29, 0.717) is 0 Å². The lowest BCUT2D eigenvalue weighted by Gasteiger charge is -2.15. The first kappa shape index (κ1) is 17.3. The number of benzene rings is 2. The molecular weight excluding hydrogens is 386 g/mol. The predicted molar refractivity (Wildman–Crippen MR) is 89.9 cm³/mol. The second-order valence-corrected chi connectivity index (χ2v) is 6.21. The number of nitrogens with one attached hydrogen (secondary N) is 1. The van der Waals surface area contributed by atoms with Gasteiger partial charge in [-0.2, -0.15) is 0 Å². The highest BCUT2D eigenvalue weighted by Gasteiger charge is 2.22. The first-order chi connectivity index (χ1) is 10.9. The molecule has 0 aliphatic heterocycles. The Bertz CT molecular complexity index is 733. The molecule has 0 aliphatic carbocycles. The highest BCUT2D eigenvalue weighted by atomic mass is 79.9. The summed E-state index contributed by atoms with van der Waals surface area (Å²) in [5, 5.41) is 21.7. The van der Waals surface area contributed by atoms with Crippen LogP contribution in [0.4, 0.5) is 0 Å². The summed E-state index contributed by atoms with van der Waals surface area (Å²) in [5.41, 5.74) is 0.691. The summed E-state index contributed by atoms with van der Waals surface area (Å²) < 4.78 is 0.876. The Morgan fingerprint density at radius 3 is 2.43 bits per heavy atom. The molecule has 1 atom stereocenters. The van der Waals surface area contributed by atoms with Gasteiger partial charge in [0, 0.05) is 15.9 Å². The molecule has 0 spiro atoms. The SMILES string of the molecule is O=C(NC(Cc1ccc(Br)cc1)C(=O)O)c1cc(Cl)ccc1O. The first-order valence-corrected chi connectivity index (χ1v) is 7.80. The first-order valence-electron chi connectivity index (χ1n) is 6.63. The molecule has 120 valence electrons. The van der Waals surface area contributed by atoms with Crippen molar-refractivity contribution in [2.45, 2.75) is 12.5 Å². The third kappa shape index (κ3) is 4.71. The number of hydrogen-bond donors (Lipinski definition) is 3. The minimum atomic E-state index is -1.16. The predicted octanol–water partition coefficient (Wildman–Crippen LogP) is 3.23. The molecule has 3 N–H and O–H groups in total. The van der Waals surface area contributed by atoms with Gasteiger partial charge < -0.3 is 15.5 Å². The number of amides is 1. The van der Waals surface area contributed by atoms with Crippen molar-refractivity contribution in [2.75, 3.05) is 0 Å². The fourth-order valence-electron chi connectivity index (χ4n) is 1.98. The summed E-state index contributed by atoms with van der Waals surface area (Å²) in [7, 11) is 0. The van der Waals surface area contributed by atoms with Crippen molar-refractivity contribution in [2.24, 2.45) is 0 Å². The van der Waals surface area contributed by atoms with E-state index in [0.717, 1.165) is 10.0 Å². The van der Waals surface area contributed by atoms with Gasteiger partial charge >= 0.3 is 5.97 Å². The maximum atomic E-state index is 12.2. The highest BCUT2D eigenvalue weighted by molar-refractivity contribution is 9.10. The molecule has 0 fully saturated rings. The van der Waals surface area contributed by atoms with Crippen molar-refractivity contribution in [1.29, 1.82) is 0 Å². The van der Waals surface area contributed by atoms with Crippen molar-refractivity contribution < 1.29 is 19.8 Å². The quantitative estimate of drug-likeness (QED) is 0.722. The molecule has 0 aliphatic rings. The van der Waals surface area contributed by atoms with E-state index >= 15 is 0 Å². The van der Waals surface area contributed by atoms with Gasteiger partial charge in [-0.3, -0.25) is 4.79 Å². The van der Waals surface area contributed by atoms with Crippen LogP contribution in [0, 0.1) is 0 Å². The van der Waals surface area contributed by atoms with Gasteiger partial charge in [0.15, 0.2) is 0 Å². The van der Waals surface area contributed by atoms with Crippen molar-refractivity contribution in [3.63, 3.8) is 0 Å². The monoisotopic (exact) mass is 397 g/mol. The number of hydrogen-bond acceptors (Lipinski definition) is 3. The summed E-state index contributed by atoms with van der Waals surface area (Å²) in [6.07, 6.45) is 0.121.